The van der Waals surface area contributed by atoms with E-state index < -0.39 is 10.5 Å². The maximum absolute atomic E-state index is 13.4. The Hall–Kier alpha value is -2.50. The highest BCUT2D eigenvalue weighted by Gasteiger charge is 2.47. The van der Waals surface area contributed by atoms with E-state index in [1.54, 1.807) is 24.3 Å². The standard InChI is InChI=1S/C20H19ClN2O3/c1-22-20(17-9-2-3-10-18(17)21)11-5-7-15(19(20)24)12-14-6-4-8-16(13-14)23(25)26/h2-4,6,8-10,12-13,22H,5,7,11H2,1H3/p+1/b15-12-/t20-/m1/s1. The summed E-state index contributed by atoms with van der Waals surface area (Å²) in [7, 11) is 1.89. The summed E-state index contributed by atoms with van der Waals surface area (Å²) in [5.74, 6) is 0.0193. The molecule has 2 N–H and O–H groups in total. The van der Waals surface area contributed by atoms with E-state index in [4.69, 9.17) is 11.6 Å². The van der Waals surface area contributed by atoms with Crippen LogP contribution in [0.1, 0.15) is 30.4 Å². The van der Waals surface area contributed by atoms with Crippen molar-refractivity contribution in [1.82, 2.24) is 0 Å². The summed E-state index contributed by atoms with van der Waals surface area (Å²) < 4.78 is 0. The number of hydrogen-bond acceptors (Lipinski definition) is 3. The van der Waals surface area contributed by atoms with Crippen LogP contribution < -0.4 is 5.32 Å². The molecular weight excluding hydrogens is 352 g/mol. The van der Waals surface area contributed by atoms with Crippen molar-refractivity contribution in [3.8, 4) is 0 Å². The number of non-ortho nitro benzene ring substituents is 1. The molecule has 2 aromatic carbocycles. The predicted molar refractivity (Wildman–Crippen MR) is 101 cm³/mol. The molecule has 1 atom stereocenters. The van der Waals surface area contributed by atoms with Crippen molar-refractivity contribution in [3.05, 3.63) is 80.4 Å². The summed E-state index contributed by atoms with van der Waals surface area (Å²) in [6, 6.07) is 13.8. The molecule has 5 nitrogen and oxygen atoms in total. The number of nitro groups is 1. The lowest BCUT2D eigenvalue weighted by Crippen LogP contribution is -2.94. The lowest BCUT2D eigenvalue weighted by atomic mass is 9.73. The van der Waals surface area contributed by atoms with Gasteiger partial charge in [-0.15, -0.1) is 0 Å². The summed E-state index contributed by atoms with van der Waals surface area (Å²) in [6.45, 7) is 0. The summed E-state index contributed by atoms with van der Waals surface area (Å²) in [6.07, 6.45) is 3.98. The van der Waals surface area contributed by atoms with Gasteiger partial charge in [0.15, 0.2) is 5.54 Å². The number of benzene rings is 2. The molecule has 1 fully saturated rings. The lowest BCUT2D eigenvalue weighted by molar-refractivity contribution is -0.698. The average Bonchev–Trinajstić information content (AvgIpc) is 2.64. The molecule has 1 saturated carbocycles. The Morgan fingerprint density at radius 3 is 2.69 bits per heavy atom. The maximum Gasteiger partial charge on any atom is 0.270 e. The first-order chi connectivity index (χ1) is 12.5. The Morgan fingerprint density at radius 2 is 2.00 bits per heavy atom. The molecule has 0 spiro atoms. The molecular formula is C20H20ClN2O3+. The van der Waals surface area contributed by atoms with Crippen molar-refractivity contribution >= 4 is 29.1 Å². The Balaban J connectivity index is 2.03. The van der Waals surface area contributed by atoms with Gasteiger partial charge in [-0.25, -0.2) is 0 Å². The van der Waals surface area contributed by atoms with Crippen molar-refractivity contribution in [2.24, 2.45) is 0 Å². The Kier molecular flexibility index (Phi) is 5.20. The van der Waals surface area contributed by atoms with Gasteiger partial charge >= 0.3 is 0 Å². The number of likely N-dealkylation sites (N-methyl/N-ethyl adjacent to an activating group) is 1. The minimum absolute atomic E-state index is 0.0158. The summed E-state index contributed by atoms with van der Waals surface area (Å²) >= 11 is 6.39. The lowest BCUT2D eigenvalue weighted by Gasteiger charge is -2.34. The molecule has 2 aromatic rings. The van der Waals surface area contributed by atoms with Crippen molar-refractivity contribution < 1.29 is 15.0 Å². The second kappa shape index (κ2) is 7.40. The molecule has 134 valence electrons. The molecule has 1 aliphatic rings. The molecule has 0 amide bonds. The van der Waals surface area contributed by atoms with Crippen LogP contribution in [0.4, 0.5) is 5.69 Å². The zero-order chi connectivity index (χ0) is 18.7. The van der Waals surface area contributed by atoms with E-state index in [0.29, 0.717) is 29.0 Å². The fourth-order valence-corrected chi connectivity index (χ4v) is 3.95. The minimum atomic E-state index is -0.747. The molecule has 3 rings (SSSR count). The van der Waals surface area contributed by atoms with Crippen molar-refractivity contribution in [2.75, 3.05) is 7.05 Å². The Bertz CT molecular complexity index is 894. The Morgan fingerprint density at radius 1 is 1.23 bits per heavy atom. The second-order valence-corrected chi connectivity index (χ2v) is 6.85. The molecule has 0 bridgehead atoms. The van der Waals surface area contributed by atoms with Crippen LogP contribution in [0.2, 0.25) is 5.02 Å². The molecule has 0 aromatic heterocycles. The number of carbonyl (C=O) groups is 1. The van der Waals surface area contributed by atoms with Crippen molar-refractivity contribution in [1.29, 1.82) is 0 Å². The number of carbonyl (C=O) groups excluding carboxylic acids is 1. The zero-order valence-electron chi connectivity index (χ0n) is 14.4. The topological polar surface area (TPSA) is 76.8 Å². The summed E-state index contributed by atoms with van der Waals surface area (Å²) in [4.78, 5) is 23.9. The largest absolute Gasteiger partial charge is 0.333 e. The highest BCUT2D eigenvalue weighted by molar-refractivity contribution is 6.32. The number of nitrogens with two attached hydrogens (primary N) is 1. The van der Waals surface area contributed by atoms with E-state index in [1.165, 1.54) is 12.1 Å². The van der Waals surface area contributed by atoms with E-state index >= 15 is 0 Å². The molecule has 0 aliphatic heterocycles. The van der Waals surface area contributed by atoms with Crippen molar-refractivity contribution in [3.63, 3.8) is 0 Å². The van der Waals surface area contributed by atoms with Crippen LogP contribution in [0.3, 0.4) is 0 Å². The third-order valence-electron chi connectivity index (χ3n) is 4.98. The first-order valence-electron chi connectivity index (χ1n) is 8.53. The Labute approximate surface area is 156 Å². The normalized spacial score (nSPS) is 21.8. The van der Waals surface area contributed by atoms with Gasteiger partial charge in [0.2, 0.25) is 5.78 Å². The average molecular weight is 372 g/mol. The molecule has 6 heteroatoms. The number of hydrogen-bond donors (Lipinski definition) is 1. The van der Waals surface area contributed by atoms with Gasteiger partial charge in [-0.1, -0.05) is 41.9 Å². The molecule has 0 radical (unpaired) electrons. The third-order valence-corrected chi connectivity index (χ3v) is 5.31. The summed E-state index contributed by atoms with van der Waals surface area (Å²) in [5.41, 5.74) is 1.42. The number of halogens is 1. The van der Waals surface area contributed by atoms with E-state index in [1.807, 2.05) is 30.6 Å². The highest BCUT2D eigenvalue weighted by atomic mass is 35.5. The van der Waals surface area contributed by atoms with E-state index in [0.717, 1.165) is 12.0 Å². The zero-order valence-corrected chi connectivity index (χ0v) is 15.2. The third kappa shape index (κ3) is 3.28. The van der Waals surface area contributed by atoms with E-state index in [2.05, 4.69) is 0 Å². The molecule has 26 heavy (non-hydrogen) atoms. The van der Waals surface area contributed by atoms with Gasteiger partial charge in [0.1, 0.15) is 0 Å². The monoisotopic (exact) mass is 371 g/mol. The van der Waals surface area contributed by atoms with Crippen LogP contribution in [0.25, 0.3) is 6.08 Å². The number of nitro benzene ring substituents is 1. The first-order valence-corrected chi connectivity index (χ1v) is 8.91. The van der Waals surface area contributed by atoms with Gasteiger partial charge in [-0.2, -0.15) is 0 Å². The van der Waals surface area contributed by atoms with Gasteiger partial charge in [-0.3, -0.25) is 14.9 Å². The van der Waals surface area contributed by atoms with Gasteiger partial charge in [0.25, 0.3) is 5.69 Å². The fraction of sp³-hybridized carbons (Fsp3) is 0.250. The van der Waals surface area contributed by atoms with Crippen LogP contribution in [-0.2, 0) is 10.3 Å². The summed E-state index contributed by atoms with van der Waals surface area (Å²) in [5, 5.41) is 13.5. The predicted octanol–water partition coefficient (Wildman–Crippen LogP) is 3.47. The van der Waals surface area contributed by atoms with Crippen LogP contribution >= 0.6 is 11.6 Å². The highest BCUT2D eigenvalue weighted by Crippen LogP contribution is 2.37. The fourth-order valence-electron chi connectivity index (χ4n) is 3.65. The van der Waals surface area contributed by atoms with Gasteiger partial charge < -0.3 is 5.32 Å². The SMILES string of the molecule is C[NH2+][C@@]1(c2ccccc2Cl)CCC/C(=C/c2cccc([N+](=O)[O-])c2)C1=O. The number of ketones is 1. The molecule has 0 saturated heterocycles. The smallest absolute Gasteiger partial charge is 0.270 e. The maximum atomic E-state index is 13.4. The number of rotatable bonds is 4. The molecule has 0 heterocycles. The molecule has 0 unspecified atom stereocenters. The van der Waals surface area contributed by atoms with Gasteiger partial charge in [0, 0.05) is 29.7 Å². The number of Topliss-reactive ketones (excluding diaryl/α,β-unsaturated/α-hetero) is 1. The van der Waals surface area contributed by atoms with Crippen LogP contribution in [0, 0.1) is 10.1 Å². The van der Waals surface area contributed by atoms with E-state index in [-0.39, 0.29) is 11.5 Å². The van der Waals surface area contributed by atoms with Gasteiger partial charge in [-0.05, 0) is 30.5 Å². The number of quaternary nitrogens is 1. The van der Waals surface area contributed by atoms with Crippen LogP contribution in [-0.4, -0.2) is 17.8 Å². The first kappa shape index (κ1) is 18.3. The van der Waals surface area contributed by atoms with Crippen LogP contribution in [0.15, 0.2) is 54.1 Å². The minimum Gasteiger partial charge on any atom is -0.333 e. The van der Waals surface area contributed by atoms with Crippen molar-refractivity contribution in [2.45, 2.75) is 24.8 Å². The second-order valence-electron chi connectivity index (χ2n) is 6.44. The van der Waals surface area contributed by atoms with Crippen LogP contribution in [0.5, 0.6) is 0 Å². The van der Waals surface area contributed by atoms with E-state index in [9.17, 15) is 14.9 Å². The quantitative estimate of drug-likeness (QED) is 0.508. The van der Waals surface area contributed by atoms with Gasteiger partial charge in [0.05, 0.1) is 17.0 Å². The molecule has 1 aliphatic carbocycles. The number of nitrogens with zero attached hydrogens (tertiary/aromatic N) is 1.